The van der Waals surface area contributed by atoms with Crippen LogP contribution < -0.4 is 5.32 Å². The van der Waals surface area contributed by atoms with Crippen LogP contribution in [0.5, 0.6) is 0 Å². The molecule has 2 aromatic rings. The van der Waals surface area contributed by atoms with Gasteiger partial charge in [0.25, 0.3) is 0 Å². The van der Waals surface area contributed by atoms with E-state index < -0.39 is 5.51 Å². The van der Waals surface area contributed by atoms with Gasteiger partial charge in [0.1, 0.15) is 0 Å². The molecule has 1 aromatic heterocycles. The van der Waals surface area contributed by atoms with Crippen molar-refractivity contribution in [1.82, 2.24) is 0 Å². The van der Waals surface area contributed by atoms with Crippen LogP contribution in [-0.2, 0) is 6.54 Å². The molecule has 1 N–H and O–H groups in total. The normalized spacial score (nSPS) is 11.6. The van der Waals surface area contributed by atoms with E-state index in [0.717, 1.165) is 15.0 Å². The first-order chi connectivity index (χ1) is 8.92. The van der Waals surface area contributed by atoms with Crippen molar-refractivity contribution in [2.75, 3.05) is 5.32 Å². The van der Waals surface area contributed by atoms with E-state index in [1.807, 2.05) is 11.4 Å². The molecule has 0 radical (unpaired) electrons. The summed E-state index contributed by atoms with van der Waals surface area (Å²) >= 11 is 4.88. The van der Waals surface area contributed by atoms with Gasteiger partial charge in [0, 0.05) is 31.9 Å². The van der Waals surface area contributed by atoms with Crippen LogP contribution in [0.1, 0.15) is 4.88 Å². The van der Waals surface area contributed by atoms with Gasteiger partial charge in [0.05, 0.1) is 0 Å². The van der Waals surface area contributed by atoms with Gasteiger partial charge < -0.3 is 5.32 Å². The molecule has 2 rings (SSSR count). The van der Waals surface area contributed by atoms with Gasteiger partial charge >= 0.3 is 5.51 Å². The minimum absolute atomic E-state index is 0.105. The van der Waals surface area contributed by atoms with E-state index in [1.165, 1.54) is 12.1 Å². The number of alkyl halides is 3. The number of thioether (sulfide) groups is 1. The smallest absolute Gasteiger partial charge is 0.380 e. The first kappa shape index (κ1) is 14.7. The average molecular weight is 368 g/mol. The van der Waals surface area contributed by atoms with Crippen molar-refractivity contribution in [3.05, 3.63) is 45.1 Å². The number of halogens is 4. The van der Waals surface area contributed by atoms with Gasteiger partial charge in [-0.25, -0.2) is 0 Å². The molecule has 1 aromatic carbocycles. The lowest BCUT2D eigenvalue weighted by Gasteiger charge is -2.08. The van der Waals surface area contributed by atoms with Gasteiger partial charge in [-0.1, -0.05) is 0 Å². The molecule has 0 saturated heterocycles. The van der Waals surface area contributed by atoms with Crippen molar-refractivity contribution in [3.63, 3.8) is 0 Å². The first-order valence-electron chi connectivity index (χ1n) is 5.25. The Morgan fingerprint density at radius 3 is 2.42 bits per heavy atom. The summed E-state index contributed by atoms with van der Waals surface area (Å²) in [4.78, 5) is 1.34. The van der Waals surface area contributed by atoms with E-state index in [4.69, 9.17) is 0 Å². The van der Waals surface area contributed by atoms with Gasteiger partial charge in [-0.2, -0.15) is 13.2 Å². The molecule has 0 aliphatic rings. The SMILES string of the molecule is FC(F)(F)Sc1ccc(NCc2cc(Br)cs2)cc1. The van der Waals surface area contributed by atoms with Crippen molar-refractivity contribution >= 4 is 44.7 Å². The summed E-state index contributed by atoms with van der Waals surface area (Å²) in [5, 5.41) is 5.15. The topological polar surface area (TPSA) is 12.0 Å². The van der Waals surface area contributed by atoms with Crippen LogP contribution in [0, 0.1) is 0 Å². The molecular formula is C12H9BrF3NS2. The molecule has 1 nitrogen and oxygen atoms in total. The summed E-state index contributed by atoms with van der Waals surface area (Å²) in [7, 11) is 0. The second-order valence-corrected chi connectivity index (χ2v) is 6.71. The third-order valence-electron chi connectivity index (χ3n) is 2.18. The monoisotopic (exact) mass is 367 g/mol. The van der Waals surface area contributed by atoms with Crippen LogP contribution in [0.4, 0.5) is 18.9 Å². The van der Waals surface area contributed by atoms with Crippen LogP contribution in [0.3, 0.4) is 0 Å². The van der Waals surface area contributed by atoms with Gasteiger partial charge in [-0.3, -0.25) is 0 Å². The second kappa shape index (κ2) is 6.19. The molecule has 0 fully saturated rings. The van der Waals surface area contributed by atoms with Gasteiger partial charge in [0.2, 0.25) is 0 Å². The zero-order valence-corrected chi connectivity index (χ0v) is 12.7. The standard InChI is InChI=1S/C12H9BrF3NS2/c13-8-5-11(18-7-8)6-17-9-1-3-10(4-2-9)19-12(14,15)16/h1-5,7,17H,6H2. The number of thiophene rings is 1. The molecule has 1 heterocycles. The quantitative estimate of drug-likeness (QED) is 0.692. The van der Waals surface area contributed by atoms with E-state index in [0.29, 0.717) is 6.54 Å². The Balaban J connectivity index is 1.91. The maximum atomic E-state index is 12.2. The summed E-state index contributed by atoms with van der Waals surface area (Å²) in [5.74, 6) is 0. The summed E-state index contributed by atoms with van der Waals surface area (Å²) in [6.07, 6.45) is 0. The number of anilines is 1. The highest BCUT2D eigenvalue weighted by molar-refractivity contribution is 9.10. The number of nitrogens with one attached hydrogen (secondary N) is 1. The molecule has 0 unspecified atom stereocenters. The number of rotatable bonds is 4. The molecule has 7 heteroatoms. The molecular weight excluding hydrogens is 359 g/mol. The van der Waals surface area contributed by atoms with E-state index in [1.54, 1.807) is 23.5 Å². The van der Waals surface area contributed by atoms with E-state index in [-0.39, 0.29) is 16.7 Å². The Hall–Kier alpha value is -0.660. The zero-order chi connectivity index (χ0) is 13.9. The van der Waals surface area contributed by atoms with E-state index in [9.17, 15) is 13.2 Å². The van der Waals surface area contributed by atoms with Crippen molar-refractivity contribution in [3.8, 4) is 0 Å². The first-order valence-corrected chi connectivity index (χ1v) is 7.74. The fourth-order valence-electron chi connectivity index (χ4n) is 1.41. The maximum Gasteiger partial charge on any atom is 0.446 e. The highest BCUT2D eigenvalue weighted by Gasteiger charge is 2.28. The van der Waals surface area contributed by atoms with Crippen molar-refractivity contribution in [2.45, 2.75) is 16.9 Å². The second-order valence-electron chi connectivity index (χ2n) is 3.66. The molecule has 19 heavy (non-hydrogen) atoms. The molecule has 0 aliphatic carbocycles. The van der Waals surface area contributed by atoms with Crippen LogP contribution in [0.25, 0.3) is 0 Å². The van der Waals surface area contributed by atoms with Crippen LogP contribution >= 0.6 is 39.0 Å². The minimum Gasteiger partial charge on any atom is -0.380 e. The molecule has 0 aliphatic heterocycles. The van der Waals surface area contributed by atoms with Crippen LogP contribution in [0.15, 0.2) is 45.1 Å². The summed E-state index contributed by atoms with van der Waals surface area (Å²) in [6.45, 7) is 0.655. The number of hydrogen-bond acceptors (Lipinski definition) is 3. The van der Waals surface area contributed by atoms with E-state index >= 15 is 0 Å². The number of hydrogen-bond donors (Lipinski definition) is 1. The predicted molar refractivity (Wildman–Crippen MR) is 77.7 cm³/mol. The van der Waals surface area contributed by atoms with Crippen LogP contribution in [0.2, 0.25) is 0 Å². The fourth-order valence-corrected chi connectivity index (χ4v) is 3.34. The molecule has 102 valence electrons. The van der Waals surface area contributed by atoms with Crippen molar-refractivity contribution in [2.24, 2.45) is 0 Å². The Bertz CT molecular complexity index is 537. The van der Waals surface area contributed by atoms with Gasteiger partial charge in [-0.05, 0) is 58.0 Å². The lowest BCUT2D eigenvalue weighted by molar-refractivity contribution is -0.0328. The average Bonchev–Trinajstić information content (AvgIpc) is 2.72. The summed E-state index contributed by atoms with van der Waals surface area (Å²) in [5.41, 5.74) is -3.44. The van der Waals surface area contributed by atoms with Crippen molar-refractivity contribution < 1.29 is 13.2 Å². The Morgan fingerprint density at radius 1 is 1.21 bits per heavy atom. The Kier molecular flexibility index (Phi) is 4.81. The fraction of sp³-hybridized carbons (Fsp3) is 0.167. The van der Waals surface area contributed by atoms with Crippen molar-refractivity contribution in [1.29, 1.82) is 0 Å². The molecule has 0 atom stereocenters. The highest BCUT2D eigenvalue weighted by atomic mass is 79.9. The number of benzene rings is 1. The minimum atomic E-state index is -4.24. The van der Waals surface area contributed by atoms with Crippen LogP contribution in [-0.4, -0.2) is 5.51 Å². The Morgan fingerprint density at radius 2 is 1.89 bits per heavy atom. The predicted octanol–water partition coefficient (Wildman–Crippen LogP) is 5.73. The lowest BCUT2D eigenvalue weighted by Crippen LogP contribution is -2.00. The maximum absolute atomic E-state index is 12.2. The summed E-state index contributed by atoms with van der Waals surface area (Å²) < 4.78 is 37.5. The molecule has 0 saturated carbocycles. The third-order valence-corrected chi connectivity index (χ3v) is 4.61. The largest absolute Gasteiger partial charge is 0.446 e. The lowest BCUT2D eigenvalue weighted by atomic mass is 10.3. The highest BCUT2D eigenvalue weighted by Crippen LogP contribution is 2.37. The zero-order valence-electron chi connectivity index (χ0n) is 9.50. The molecule has 0 bridgehead atoms. The van der Waals surface area contributed by atoms with Gasteiger partial charge in [-0.15, -0.1) is 11.3 Å². The third kappa shape index (κ3) is 5.08. The summed E-state index contributed by atoms with van der Waals surface area (Å²) in [6, 6.07) is 8.23. The molecule has 0 spiro atoms. The molecule has 0 amide bonds. The Labute approximate surface area is 125 Å². The van der Waals surface area contributed by atoms with E-state index in [2.05, 4.69) is 21.2 Å². The van der Waals surface area contributed by atoms with Gasteiger partial charge in [0.15, 0.2) is 0 Å².